The summed E-state index contributed by atoms with van der Waals surface area (Å²) < 4.78 is 0.904. The Labute approximate surface area is 125 Å². The molecule has 0 amide bonds. The highest BCUT2D eigenvalue weighted by atomic mass is 79.9. The zero-order valence-electron chi connectivity index (χ0n) is 11.0. The second-order valence-corrected chi connectivity index (χ2v) is 5.35. The summed E-state index contributed by atoms with van der Waals surface area (Å²) in [5.41, 5.74) is 9.12. The van der Waals surface area contributed by atoms with Gasteiger partial charge in [-0.25, -0.2) is 0 Å². The first-order valence-corrected chi connectivity index (χ1v) is 7.11. The summed E-state index contributed by atoms with van der Waals surface area (Å²) in [6.45, 7) is 2.01. The van der Waals surface area contributed by atoms with Crippen molar-refractivity contribution in [1.82, 2.24) is 0 Å². The Balaban J connectivity index is 2.52. The van der Waals surface area contributed by atoms with Gasteiger partial charge in [0.15, 0.2) is 0 Å². The molecule has 0 saturated carbocycles. The van der Waals surface area contributed by atoms with E-state index in [9.17, 15) is 10.1 Å². The molecule has 2 rings (SSSR count). The van der Waals surface area contributed by atoms with Crippen LogP contribution >= 0.6 is 15.9 Å². The van der Waals surface area contributed by atoms with Crippen LogP contribution in [0.15, 0.2) is 46.9 Å². The quantitative estimate of drug-likeness (QED) is 0.679. The maximum atomic E-state index is 10.9. The Hall–Kier alpha value is -1.72. The molecule has 4 nitrogen and oxygen atoms in total. The van der Waals surface area contributed by atoms with Crippen LogP contribution in [0.3, 0.4) is 0 Å². The summed E-state index contributed by atoms with van der Waals surface area (Å²) in [6.07, 6.45) is 0.783. The van der Waals surface area contributed by atoms with Gasteiger partial charge in [-0.05, 0) is 29.2 Å². The molecule has 0 spiro atoms. The van der Waals surface area contributed by atoms with Gasteiger partial charge >= 0.3 is 0 Å². The third-order valence-corrected chi connectivity index (χ3v) is 4.02. The summed E-state index contributed by atoms with van der Waals surface area (Å²) in [6, 6.07) is 12.1. The highest BCUT2D eigenvalue weighted by molar-refractivity contribution is 9.10. The van der Waals surface area contributed by atoms with Gasteiger partial charge in [0.25, 0.3) is 5.69 Å². The van der Waals surface area contributed by atoms with Gasteiger partial charge in [0.05, 0.1) is 11.0 Å². The number of non-ortho nitro benzene ring substituents is 1. The van der Waals surface area contributed by atoms with Crippen LogP contribution in [0.5, 0.6) is 0 Å². The minimum Gasteiger partial charge on any atom is -0.320 e. The van der Waals surface area contributed by atoms with E-state index in [4.69, 9.17) is 5.73 Å². The summed E-state index contributed by atoms with van der Waals surface area (Å²) in [5.74, 6) is 0. The van der Waals surface area contributed by atoms with Gasteiger partial charge in [0.1, 0.15) is 0 Å². The minimum atomic E-state index is -0.393. The van der Waals surface area contributed by atoms with Gasteiger partial charge in [-0.1, -0.05) is 47.1 Å². The molecule has 0 aliphatic heterocycles. The summed E-state index contributed by atoms with van der Waals surface area (Å²) >= 11 is 3.47. The molecule has 104 valence electrons. The Bertz CT molecular complexity index is 644. The van der Waals surface area contributed by atoms with Crippen LogP contribution in [0.1, 0.15) is 29.7 Å². The second-order valence-electron chi connectivity index (χ2n) is 4.49. The molecule has 1 atom stereocenters. The van der Waals surface area contributed by atoms with E-state index in [1.807, 2.05) is 31.2 Å². The van der Waals surface area contributed by atoms with Gasteiger partial charge in [0, 0.05) is 16.6 Å². The number of hydrogen-bond donors (Lipinski definition) is 1. The molecule has 0 saturated heterocycles. The molecule has 0 heterocycles. The molecule has 0 aliphatic rings. The van der Waals surface area contributed by atoms with Gasteiger partial charge in [-0.3, -0.25) is 10.1 Å². The van der Waals surface area contributed by atoms with Crippen molar-refractivity contribution in [2.75, 3.05) is 0 Å². The van der Waals surface area contributed by atoms with Gasteiger partial charge in [0.2, 0.25) is 0 Å². The zero-order valence-corrected chi connectivity index (χ0v) is 12.6. The first-order chi connectivity index (χ1) is 9.54. The van der Waals surface area contributed by atoms with E-state index in [1.54, 1.807) is 12.1 Å². The lowest BCUT2D eigenvalue weighted by atomic mass is 9.93. The van der Waals surface area contributed by atoms with Gasteiger partial charge < -0.3 is 5.73 Å². The maximum absolute atomic E-state index is 10.9. The Morgan fingerprint density at radius 2 is 1.95 bits per heavy atom. The number of hydrogen-bond acceptors (Lipinski definition) is 3. The smallest absolute Gasteiger partial charge is 0.269 e. The predicted octanol–water partition coefficient (Wildman–Crippen LogP) is 3.97. The van der Waals surface area contributed by atoms with Gasteiger partial charge in [-0.2, -0.15) is 0 Å². The number of rotatable bonds is 4. The largest absolute Gasteiger partial charge is 0.320 e. The standard InChI is InChI=1S/C15H15BrN2O2/c1-2-10-7-8-11(18(19)20)9-13(10)15(17)12-5-3-4-6-14(12)16/h3-9,15H,2,17H2,1H3. The average molecular weight is 335 g/mol. The van der Waals surface area contributed by atoms with Crippen molar-refractivity contribution in [3.8, 4) is 0 Å². The fourth-order valence-electron chi connectivity index (χ4n) is 2.20. The second kappa shape index (κ2) is 6.15. The van der Waals surface area contributed by atoms with E-state index < -0.39 is 4.92 Å². The number of nitro groups is 1. The zero-order chi connectivity index (χ0) is 14.7. The number of nitrogens with two attached hydrogens (primary N) is 1. The summed E-state index contributed by atoms with van der Waals surface area (Å²) in [7, 11) is 0. The SMILES string of the molecule is CCc1ccc([N+](=O)[O-])cc1C(N)c1ccccc1Br. The van der Waals surface area contributed by atoms with Crippen molar-refractivity contribution >= 4 is 21.6 Å². The van der Waals surface area contributed by atoms with Crippen LogP contribution in [0, 0.1) is 10.1 Å². The van der Waals surface area contributed by atoms with E-state index in [0.29, 0.717) is 0 Å². The highest BCUT2D eigenvalue weighted by Crippen LogP contribution is 2.31. The van der Waals surface area contributed by atoms with Gasteiger partial charge in [-0.15, -0.1) is 0 Å². The molecular weight excluding hydrogens is 320 g/mol. The molecule has 0 aliphatic carbocycles. The molecular formula is C15H15BrN2O2. The summed E-state index contributed by atoms with van der Waals surface area (Å²) in [5, 5.41) is 10.9. The highest BCUT2D eigenvalue weighted by Gasteiger charge is 2.18. The normalized spacial score (nSPS) is 12.2. The lowest BCUT2D eigenvalue weighted by molar-refractivity contribution is -0.384. The molecule has 2 aromatic rings. The fourth-order valence-corrected chi connectivity index (χ4v) is 2.73. The Kier molecular flexibility index (Phi) is 4.52. The van der Waals surface area contributed by atoms with Crippen molar-refractivity contribution in [2.24, 2.45) is 5.73 Å². The average Bonchev–Trinajstić information content (AvgIpc) is 2.46. The Morgan fingerprint density at radius 3 is 2.55 bits per heavy atom. The van der Waals surface area contributed by atoms with Crippen molar-refractivity contribution in [1.29, 1.82) is 0 Å². The molecule has 2 N–H and O–H groups in total. The van der Waals surface area contributed by atoms with Crippen molar-refractivity contribution in [3.05, 3.63) is 73.7 Å². The van der Waals surface area contributed by atoms with Crippen molar-refractivity contribution in [2.45, 2.75) is 19.4 Å². The number of benzene rings is 2. The predicted molar refractivity (Wildman–Crippen MR) is 82.6 cm³/mol. The van der Waals surface area contributed by atoms with E-state index in [-0.39, 0.29) is 11.7 Å². The van der Waals surface area contributed by atoms with E-state index in [2.05, 4.69) is 15.9 Å². The van der Waals surface area contributed by atoms with E-state index in [1.165, 1.54) is 6.07 Å². The lowest BCUT2D eigenvalue weighted by Crippen LogP contribution is -2.15. The van der Waals surface area contributed by atoms with Crippen molar-refractivity contribution in [3.63, 3.8) is 0 Å². The molecule has 20 heavy (non-hydrogen) atoms. The Morgan fingerprint density at radius 1 is 1.25 bits per heavy atom. The fraction of sp³-hybridized carbons (Fsp3) is 0.200. The topological polar surface area (TPSA) is 69.2 Å². The first-order valence-electron chi connectivity index (χ1n) is 6.31. The molecule has 0 radical (unpaired) electrons. The van der Waals surface area contributed by atoms with Crippen LogP contribution in [0.4, 0.5) is 5.69 Å². The monoisotopic (exact) mass is 334 g/mol. The van der Waals surface area contributed by atoms with Crippen LogP contribution in [-0.4, -0.2) is 4.92 Å². The minimum absolute atomic E-state index is 0.0692. The molecule has 2 aromatic carbocycles. The number of nitrogens with zero attached hydrogens (tertiary/aromatic N) is 1. The lowest BCUT2D eigenvalue weighted by Gasteiger charge is -2.17. The van der Waals surface area contributed by atoms with E-state index >= 15 is 0 Å². The van der Waals surface area contributed by atoms with Crippen LogP contribution in [-0.2, 0) is 6.42 Å². The number of nitro benzene ring substituents is 1. The molecule has 0 fully saturated rings. The molecule has 0 bridgehead atoms. The van der Waals surface area contributed by atoms with Crippen molar-refractivity contribution < 1.29 is 4.92 Å². The number of aryl methyl sites for hydroxylation is 1. The molecule has 0 aromatic heterocycles. The van der Waals surface area contributed by atoms with Crippen LogP contribution < -0.4 is 5.73 Å². The third kappa shape index (κ3) is 2.89. The van der Waals surface area contributed by atoms with Crippen LogP contribution in [0.2, 0.25) is 0 Å². The van der Waals surface area contributed by atoms with E-state index in [0.717, 1.165) is 27.6 Å². The first kappa shape index (κ1) is 14.7. The van der Waals surface area contributed by atoms with Crippen LogP contribution in [0.25, 0.3) is 0 Å². The number of halogens is 1. The maximum Gasteiger partial charge on any atom is 0.269 e. The summed E-state index contributed by atoms with van der Waals surface area (Å²) in [4.78, 5) is 10.5. The molecule has 1 unspecified atom stereocenters. The molecule has 5 heteroatoms. The third-order valence-electron chi connectivity index (χ3n) is 3.30.